The van der Waals surface area contributed by atoms with Gasteiger partial charge in [-0.05, 0) is 26.0 Å². The molecule has 0 bridgehead atoms. The van der Waals surface area contributed by atoms with Crippen LogP contribution in [0.2, 0.25) is 10.0 Å². The average molecular weight is 270 g/mol. The molecule has 0 fully saturated rings. The van der Waals surface area contributed by atoms with Crippen LogP contribution in [-0.2, 0) is 0 Å². The van der Waals surface area contributed by atoms with E-state index in [0.29, 0.717) is 16.1 Å². The van der Waals surface area contributed by atoms with Gasteiger partial charge in [0.15, 0.2) is 0 Å². The van der Waals surface area contributed by atoms with E-state index >= 15 is 0 Å². The SMILES string of the molecule is CC(C)n1ccnc1Nc1cccc(Cl)c1Cl. The predicted molar refractivity (Wildman–Crippen MR) is 72.4 cm³/mol. The fourth-order valence-electron chi connectivity index (χ4n) is 1.55. The van der Waals surface area contributed by atoms with Gasteiger partial charge in [0.25, 0.3) is 0 Å². The Morgan fingerprint density at radius 2 is 2.06 bits per heavy atom. The van der Waals surface area contributed by atoms with Crippen LogP contribution in [0.3, 0.4) is 0 Å². The standard InChI is InChI=1S/C12H13Cl2N3/c1-8(2)17-7-6-15-12(17)16-10-5-3-4-9(13)11(10)14/h3-8H,1-2H3,(H,15,16). The number of halogens is 2. The van der Waals surface area contributed by atoms with Crippen molar-refractivity contribution in [2.24, 2.45) is 0 Å². The third kappa shape index (κ3) is 2.56. The number of nitrogens with zero attached hydrogens (tertiary/aromatic N) is 2. The highest BCUT2D eigenvalue weighted by Gasteiger charge is 2.09. The third-order valence-electron chi connectivity index (χ3n) is 2.42. The third-order valence-corrected chi connectivity index (χ3v) is 3.24. The van der Waals surface area contributed by atoms with Crippen molar-refractivity contribution in [1.29, 1.82) is 0 Å². The molecule has 0 amide bonds. The Morgan fingerprint density at radius 3 is 2.76 bits per heavy atom. The molecule has 2 aromatic rings. The second-order valence-corrected chi connectivity index (χ2v) is 4.76. The van der Waals surface area contributed by atoms with Crippen molar-refractivity contribution in [1.82, 2.24) is 9.55 Å². The average Bonchev–Trinajstić information content (AvgIpc) is 2.73. The zero-order chi connectivity index (χ0) is 12.4. The molecule has 0 aliphatic carbocycles. The Kier molecular flexibility index (Phi) is 3.60. The monoisotopic (exact) mass is 269 g/mol. The molecule has 1 heterocycles. The fraction of sp³-hybridized carbons (Fsp3) is 0.250. The number of hydrogen-bond acceptors (Lipinski definition) is 2. The lowest BCUT2D eigenvalue weighted by Gasteiger charge is -2.13. The van der Waals surface area contributed by atoms with Gasteiger partial charge in [-0.15, -0.1) is 0 Å². The van der Waals surface area contributed by atoms with Crippen molar-refractivity contribution in [3.8, 4) is 0 Å². The minimum Gasteiger partial charge on any atom is -0.324 e. The number of hydrogen-bond donors (Lipinski definition) is 1. The normalized spacial score (nSPS) is 10.9. The molecule has 0 saturated heterocycles. The van der Waals surface area contributed by atoms with Crippen LogP contribution in [-0.4, -0.2) is 9.55 Å². The molecular weight excluding hydrogens is 257 g/mol. The van der Waals surface area contributed by atoms with Crippen LogP contribution in [0.25, 0.3) is 0 Å². The first-order chi connectivity index (χ1) is 8.09. The molecule has 2 rings (SSSR count). The van der Waals surface area contributed by atoms with Crippen molar-refractivity contribution in [2.75, 3.05) is 5.32 Å². The number of imidazole rings is 1. The maximum absolute atomic E-state index is 6.11. The molecule has 0 saturated carbocycles. The van der Waals surface area contributed by atoms with E-state index in [1.165, 1.54) is 0 Å². The molecule has 1 aromatic heterocycles. The molecule has 17 heavy (non-hydrogen) atoms. The van der Waals surface area contributed by atoms with Crippen molar-refractivity contribution in [2.45, 2.75) is 19.9 Å². The Hall–Kier alpha value is -1.19. The Morgan fingerprint density at radius 1 is 1.29 bits per heavy atom. The Balaban J connectivity index is 2.32. The lowest BCUT2D eigenvalue weighted by atomic mass is 10.3. The molecule has 3 nitrogen and oxygen atoms in total. The lowest BCUT2D eigenvalue weighted by Crippen LogP contribution is -2.05. The summed E-state index contributed by atoms with van der Waals surface area (Å²) in [6, 6.07) is 5.80. The number of aromatic nitrogens is 2. The highest BCUT2D eigenvalue weighted by Crippen LogP contribution is 2.31. The lowest BCUT2D eigenvalue weighted by molar-refractivity contribution is 0.608. The zero-order valence-electron chi connectivity index (χ0n) is 9.61. The minimum absolute atomic E-state index is 0.331. The molecule has 0 aliphatic rings. The smallest absolute Gasteiger partial charge is 0.207 e. The fourth-order valence-corrected chi connectivity index (χ4v) is 1.90. The van der Waals surface area contributed by atoms with Crippen LogP contribution < -0.4 is 5.32 Å². The first-order valence-corrected chi connectivity index (χ1v) is 6.09. The topological polar surface area (TPSA) is 29.9 Å². The van der Waals surface area contributed by atoms with E-state index in [1.807, 2.05) is 22.9 Å². The minimum atomic E-state index is 0.331. The van der Waals surface area contributed by atoms with Crippen molar-refractivity contribution >= 4 is 34.8 Å². The summed E-state index contributed by atoms with van der Waals surface area (Å²) in [6.45, 7) is 4.18. The van der Waals surface area contributed by atoms with Gasteiger partial charge in [-0.3, -0.25) is 0 Å². The molecular formula is C12H13Cl2N3. The molecule has 0 atom stereocenters. The highest BCUT2D eigenvalue weighted by atomic mass is 35.5. The summed E-state index contributed by atoms with van der Waals surface area (Å²) in [6.07, 6.45) is 3.67. The predicted octanol–water partition coefficient (Wildman–Crippen LogP) is 4.51. The van der Waals surface area contributed by atoms with E-state index in [-0.39, 0.29) is 0 Å². The van der Waals surface area contributed by atoms with Crippen LogP contribution in [0.1, 0.15) is 19.9 Å². The van der Waals surface area contributed by atoms with Crippen molar-refractivity contribution < 1.29 is 0 Å². The van der Waals surface area contributed by atoms with Crippen LogP contribution in [0, 0.1) is 0 Å². The molecule has 0 spiro atoms. The van der Waals surface area contributed by atoms with Crippen molar-refractivity contribution in [3.05, 3.63) is 40.6 Å². The summed E-state index contributed by atoms with van der Waals surface area (Å²) < 4.78 is 2.03. The Bertz CT molecular complexity index is 520. The van der Waals surface area contributed by atoms with Gasteiger partial charge in [0.1, 0.15) is 0 Å². The molecule has 0 aliphatic heterocycles. The molecule has 0 unspecified atom stereocenters. The van der Waals surface area contributed by atoms with Crippen LogP contribution >= 0.6 is 23.2 Å². The van der Waals surface area contributed by atoms with Gasteiger partial charge in [-0.25, -0.2) is 4.98 Å². The number of nitrogens with one attached hydrogen (secondary N) is 1. The summed E-state index contributed by atoms with van der Waals surface area (Å²) in [4.78, 5) is 4.25. The maximum atomic E-state index is 6.11. The molecule has 5 heteroatoms. The second kappa shape index (κ2) is 4.98. The van der Waals surface area contributed by atoms with E-state index in [4.69, 9.17) is 23.2 Å². The van der Waals surface area contributed by atoms with E-state index in [1.54, 1.807) is 12.3 Å². The van der Waals surface area contributed by atoms with Crippen LogP contribution in [0.15, 0.2) is 30.6 Å². The van der Waals surface area contributed by atoms with E-state index < -0.39 is 0 Å². The van der Waals surface area contributed by atoms with Crippen molar-refractivity contribution in [3.63, 3.8) is 0 Å². The number of benzene rings is 1. The molecule has 0 radical (unpaired) electrons. The van der Waals surface area contributed by atoms with Gasteiger partial charge in [0.05, 0.1) is 15.7 Å². The second-order valence-electron chi connectivity index (χ2n) is 3.98. The van der Waals surface area contributed by atoms with E-state index in [2.05, 4.69) is 24.1 Å². The summed E-state index contributed by atoms with van der Waals surface area (Å²) in [7, 11) is 0. The van der Waals surface area contributed by atoms with E-state index in [9.17, 15) is 0 Å². The zero-order valence-corrected chi connectivity index (χ0v) is 11.1. The molecule has 1 aromatic carbocycles. The number of anilines is 2. The van der Waals surface area contributed by atoms with Gasteiger partial charge in [-0.1, -0.05) is 29.3 Å². The van der Waals surface area contributed by atoms with Gasteiger partial charge < -0.3 is 9.88 Å². The van der Waals surface area contributed by atoms with E-state index in [0.717, 1.165) is 11.6 Å². The summed E-state index contributed by atoms with van der Waals surface area (Å²) >= 11 is 12.1. The summed E-state index contributed by atoms with van der Waals surface area (Å²) in [5, 5.41) is 4.21. The van der Waals surface area contributed by atoms with Crippen LogP contribution in [0.5, 0.6) is 0 Å². The first-order valence-electron chi connectivity index (χ1n) is 5.33. The molecule has 1 N–H and O–H groups in total. The van der Waals surface area contributed by atoms with Gasteiger partial charge in [0, 0.05) is 18.4 Å². The summed E-state index contributed by atoms with van der Waals surface area (Å²) in [5.74, 6) is 0.754. The first kappa shape index (κ1) is 12.3. The Labute approximate surface area is 110 Å². The maximum Gasteiger partial charge on any atom is 0.207 e. The van der Waals surface area contributed by atoms with Gasteiger partial charge in [0.2, 0.25) is 5.95 Å². The summed E-state index contributed by atoms with van der Waals surface area (Å²) in [5.41, 5.74) is 0.757. The van der Waals surface area contributed by atoms with Crippen LogP contribution in [0.4, 0.5) is 11.6 Å². The highest BCUT2D eigenvalue weighted by molar-refractivity contribution is 6.43. The van der Waals surface area contributed by atoms with Gasteiger partial charge >= 0.3 is 0 Å². The largest absolute Gasteiger partial charge is 0.324 e. The van der Waals surface area contributed by atoms with Gasteiger partial charge in [-0.2, -0.15) is 0 Å². The molecule has 90 valence electrons. The number of rotatable bonds is 3. The quantitative estimate of drug-likeness (QED) is 0.888.